The molecule has 3 fully saturated rings. The molecule has 1 aromatic rings. The molecular formula is C73H120F5N7O31. The maximum atomic E-state index is 13.9. The Bertz CT molecular complexity index is 2760. The van der Waals surface area contributed by atoms with Crippen molar-refractivity contribution in [1.29, 1.82) is 0 Å². The number of aliphatic hydroxyl groups is 9. The first-order chi connectivity index (χ1) is 55.8. The van der Waals surface area contributed by atoms with Crippen LogP contribution in [0.4, 0.5) is 22.0 Å². The summed E-state index contributed by atoms with van der Waals surface area (Å²) < 4.78 is 145. The molecule has 0 spiro atoms. The van der Waals surface area contributed by atoms with E-state index >= 15 is 0 Å². The molecule has 0 radical (unpaired) electrons. The van der Waals surface area contributed by atoms with Gasteiger partial charge in [0.2, 0.25) is 76.2 Å². The summed E-state index contributed by atoms with van der Waals surface area (Å²) >= 11 is 0. The Hall–Kier alpha value is -6.25. The van der Waals surface area contributed by atoms with Gasteiger partial charge in [-0.3, -0.25) is 38.4 Å². The predicted octanol–water partition coefficient (Wildman–Crippen LogP) is -2.88. The van der Waals surface area contributed by atoms with Crippen LogP contribution in [0, 0.1) is 29.1 Å². The van der Waals surface area contributed by atoms with Crippen LogP contribution in [-0.2, 0) is 99.9 Å². The summed E-state index contributed by atoms with van der Waals surface area (Å²) in [6.07, 6.45) is -9.05. The Kier molecular flexibility index (Phi) is 53.0. The highest BCUT2D eigenvalue weighted by atomic mass is 19.2. The standard InChI is InChI=1S/C73H120F5N7O31/c74-64-65(75)67(77)72(68(78)66(64)76)116-60(99)17-31-104-33-35-106-37-36-105-34-32-103-27-16-59(98)85-73(44-107-28-13-56(95)82-21-7-18-79-53(92)10-1-4-24-110-61-38-47(89)69(100)50(41-86)113-61,45-108-29-14-57(96)83-22-8-19-80-54(93)11-2-5-25-111-62-39-48(90)70(101)51(42-87)114-62)46-109-30-15-58(97)84-23-9-20-81-55(94)12-3-6-26-112-63-40-49(91)71(102)52(43-88)115-63/h47-52,61-63,69-71,86-91,100-102H,1-46H2,(H,79,92)(H,80,93)(H,81,94)(H,82,95)(H,83,96)(H,84,97)(H,85,98)/t47-,48-,49-,50-,51-,52-,61-,62-,63-,69-,70-,71-/m1/s1. The van der Waals surface area contributed by atoms with Crippen molar-refractivity contribution in [3.05, 3.63) is 29.1 Å². The number of benzene rings is 1. The summed E-state index contributed by atoms with van der Waals surface area (Å²) in [5.74, 6) is -17.1. The minimum Gasteiger partial charge on any atom is -0.420 e. The van der Waals surface area contributed by atoms with Crippen molar-refractivity contribution in [2.75, 3.05) is 171 Å². The molecule has 0 bridgehead atoms. The van der Waals surface area contributed by atoms with Gasteiger partial charge in [-0.15, -0.1) is 0 Å². The molecule has 0 saturated carbocycles. The van der Waals surface area contributed by atoms with Crippen molar-refractivity contribution in [1.82, 2.24) is 37.2 Å². The van der Waals surface area contributed by atoms with Gasteiger partial charge in [-0.05, 0) is 57.8 Å². The van der Waals surface area contributed by atoms with Crippen LogP contribution in [0.15, 0.2) is 0 Å². The summed E-state index contributed by atoms with van der Waals surface area (Å²) in [6.45, 7) is -1.25. The van der Waals surface area contributed by atoms with Gasteiger partial charge in [0.25, 0.3) is 0 Å². The molecule has 43 heteroatoms. The van der Waals surface area contributed by atoms with Gasteiger partial charge < -0.3 is 149 Å². The van der Waals surface area contributed by atoms with Crippen LogP contribution in [0.5, 0.6) is 5.75 Å². The molecule has 7 amide bonds. The summed E-state index contributed by atoms with van der Waals surface area (Å²) in [7, 11) is 0. The molecule has 38 nitrogen and oxygen atoms in total. The minimum atomic E-state index is -2.41. The van der Waals surface area contributed by atoms with Gasteiger partial charge in [-0.25, -0.2) is 13.2 Å². The van der Waals surface area contributed by atoms with Crippen molar-refractivity contribution in [3.8, 4) is 5.75 Å². The number of amides is 7. The first-order valence-electron chi connectivity index (χ1n) is 39.2. The van der Waals surface area contributed by atoms with Crippen molar-refractivity contribution < 1.29 is 173 Å². The van der Waals surface area contributed by atoms with Crippen LogP contribution in [0.25, 0.3) is 0 Å². The number of rotatable bonds is 65. The third kappa shape index (κ3) is 42.6. The van der Waals surface area contributed by atoms with Gasteiger partial charge in [0.15, 0.2) is 18.9 Å². The lowest BCUT2D eigenvalue weighted by atomic mass is 10.0. The zero-order valence-electron chi connectivity index (χ0n) is 65.4. The molecule has 668 valence electrons. The SMILES string of the molecule is O=C(CCCCO[C@H]1C[C@@H](O)[C@@H](O)[C@@H](CO)O1)NCCCNC(=O)CCOCC(COCCC(=O)NCCCNC(=O)CCCCO[C@H]1C[C@@H](O)[C@@H](O)[C@@H](CO)O1)(COCCC(=O)NCCCNC(=O)CCCCO[C@H]1C[C@@H](O)[C@@H](O)[C@@H](CO)O1)NC(=O)CCOCCOCCOCCOCCC(=O)Oc1c(F)c(F)c(F)c(F)c1F. The molecular weight excluding hydrogens is 1570 g/mol. The predicted molar refractivity (Wildman–Crippen MR) is 390 cm³/mol. The zero-order valence-corrected chi connectivity index (χ0v) is 65.4. The molecule has 3 heterocycles. The lowest BCUT2D eigenvalue weighted by Gasteiger charge is -2.36. The van der Waals surface area contributed by atoms with E-state index in [0.29, 0.717) is 57.8 Å². The molecule has 3 saturated heterocycles. The number of unbranched alkanes of at least 4 members (excludes halogenated alkanes) is 3. The molecule has 4 rings (SSSR count). The van der Waals surface area contributed by atoms with E-state index < -0.39 is 170 Å². The Morgan fingerprint density at radius 3 is 0.905 bits per heavy atom. The second-order valence-electron chi connectivity index (χ2n) is 27.4. The fraction of sp³-hybridized carbons (Fsp3) is 0.808. The molecule has 0 aromatic heterocycles. The first-order valence-corrected chi connectivity index (χ1v) is 39.2. The van der Waals surface area contributed by atoms with E-state index in [9.17, 15) is 106 Å². The van der Waals surface area contributed by atoms with Crippen LogP contribution in [0.1, 0.15) is 128 Å². The van der Waals surface area contributed by atoms with E-state index in [1.165, 1.54) is 0 Å². The molecule has 12 atom stereocenters. The lowest BCUT2D eigenvalue weighted by molar-refractivity contribution is -0.257. The second kappa shape index (κ2) is 60.3. The van der Waals surface area contributed by atoms with Crippen LogP contribution in [0.2, 0.25) is 0 Å². The number of hydrogen-bond acceptors (Lipinski definition) is 31. The lowest BCUT2D eigenvalue weighted by Crippen LogP contribution is -2.59. The molecule has 0 unspecified atom stereocenters. The van der Waals surface area contributed by atoms with E-state index in [-0.39, 0.29) is 234 Å². The Labute approximate surface area is 669 Å². The maximum Gasteiger partial charge on any atom is 0.313 e. The summed E-state index contributed by atoms with van der Waals surface area (Å²) in [4.78, 5) is 102. The van der Waals surface area contributed by atoms with Gasteiger partial charge in [0, 0.05) is 123 Å². The van der Waals surface area contributed by atoms with Crippen LogP contribution < -0.4 is 42.0 Å². The minimum absolute atomic E-state index is 0.00749. The van der Waals surface area contributed by atoms with Gasteiger partial charge in [0.05, 0.1) is 137 Å². The molecule has 116 heavy (non-hydrogen) atoms. The zero-order chi connectivity index (χ0) is 84.9. The van der Waals surface area contributed by atoms with Gasteiger partial charge in [-0.1, -0.05) is 0 Å². The highest BCUT2D eigenvalue weighted by Crippen LogP contribution is 2.30. The van der Waals surface area contributed by atoms with Crippen molar-refractivity contribution >= 4 is 47.3 Å². The molecule has 0 aliphatic carbocycles. The van der Waals surface area contributed by atoms with Crippen LogP contribution in [0.3, 0.4) is 0 Å². The van der Waals surface area contributed by atoms with E-state index in [1.807, 2.05) is 0 Å². The summed E-state index contributed by atoms with van der Waals surface area (Å²) in [6, 6.07) is 0. The molecule has 16 N–H and O–H groups in total. The average molecular weight is 1690 g/mol. The van der Waals surface area contributed by atoms with Gasteiger partial charge in [-0.2, -0.15) is 8.78 Å². The number of hydrogen-bond donors (Lipinski definition) is 16. The first kappa shape index (κ1) is 102. The van der Waals surface area contributed by atoms with Crippen molar-refractivity contribution in [2.24, 2.45) is 0 Å². The normalized spacial score (nSPS) is 21.5. The number of carbonyl (C=O) groups excluding carboxylic acids is 8. The largest absolute Gasteiger partial charge is 0.420 e. The number of aliphatic hydroxyl groups excluding tert-OH is 9. The Morgan fingerprint density at radius 2 is 0.595 bits per heavy atom. The third-order valence-corrected chi connectivity index (χ3v) is 17.8. The van der Waals surface area contributed by atoms with Crippen molar-refractivity contribution in [2.45, 2.75) is 208 Å². The van der Waals surface area contributed by atoms with E-state index in [0.717, 1.165) is 0 Å². The Morgan fingerprint density at radius 1 is 0.328 bits per heavy atom. The molecule has 3 aliphatic heterocycles. The maximum absolute atomic E-state index is 13.9. The van der Waals surface area contributed by atoms with E-state index in [4.69, 9.17) is 61.6 Å². The number of halogens is 5. The van der Waals surface area contributed by atoms with Crippen LogP contribution >= 0.6 is 0 Å². The van der Waals surface area contributed by atoms with Crippen molar-refractivity contribution in [3.63, 3.8) is 0 Å². The fourth-order valence-corrected chi connectivity index (χ4v) is 11.3. The monoisotopic (exact) mass is 1690 g/mol. The highest BCUT2D eigenvalue weighted by molar-refractivity contribution is 5.79. The summed E-state index contributed by atoms with van der Waals surface area (Å²) in [5, 5.41) is 107. The molecule has 3 aliphatic rings. The highest BCUT2D eigenvalue weighted by Gasteiger charge is 2.40. The van der Waals surface area contributed by atoms with Crippen LogP contribution in [-0.4, -0.2) is 344 Å². The topological polar surface area (TPSA) is 532 Å². The van der Waals surface area contributed by atoms with E-state index in [1.54, 1.807) is 0 Å². The smallest absolute Gasteiger partial charge is 0.313 e. The van der Waals surface area contributed by atoms with Gasteiger partial charge >= 0.3 is 5.97 Å². The average Bonchev–Trinajstić information content (AvgIpc) is 0.794. The van der Waals surface area contributed by atoms with E-state index in [2.05, 4.69) is 42.0 Å². The Balaban J connectivity index is 1.25. The quantitative estimate of drug-likeness (QED) is 0.00778. The molecule has 1 aromatic carbocycles. The fourth-order valence-electron chi connectivity index (χ4n) is 11.3. The summed E-state index contributed by atoms with van der Waals surface area (Å²) in [5.41, 5.74) is -1.52. The number of esters is 1. The number of carbonyl (C=O) groups is 8. The number of ether oxygens (including phenoxy) is 14. The van der Waals surface area contributed by atoms with Gasteiger partial charge in [0.1, 0.15) is 42.2 Å². The third-order valence-electron chi connectivity index (χ3n) is 17.8. The number of nitrogens with one attached hydrogen (secondary N) is 7. The second-order valence-corrected chi connectivity index (χ2v) is 27.4.